The minimum atomic E-state index is -3.22. The molecular weight excluding hydrogens is 250 g/mol. The number of hydrogen-bond acceptors (Lipinski definition) is 4. The fourth-order valence-electron chi connectivity index (χ4n) is 2.85. The first kappa shape index (κ1) is 11.8. The van der Waals surface area contributed by atoms with Gasteiger partial charge in [0.1, 0.15) is 5.75 Å². The van der Waals surface area contributed by atoms with Gasteiger partial charge in [0.05, 0.1) is 23.4 Å². The summed E-state index contributed by atoms with van der Waals surface area (Å²) in [6.45, 7) is 0.756. The Balaban J connectivity index is 2.07. The SMILES string of the molecule is COc1ccc2c(c1)S(=O)(=O)CC1(CCC1)CN2. The minimum absolute atomic E-state index is 0.0505. The van der Waals surface area contributed by atoms with Crippen LogP contribution < -0.4 is 10.1 Å². The molecular formula is C13H17NO3S. The Kier molecular flexibility index (Phi) is 2.55. The van der Waals surface area contributed by atoms with Crippen LogP contribution in [0.5, 0.6) is 5.75 Å². The number of rotatable bonds is 1. The van der Waals surface area contributed by atoms with Crippen LogP contribution in [0.15, 0.2) is 23.1 Å². The van der Waals surface area contributed by atoms with Crippen molar-refractivity contribution in [3.63, 3.8) is 0 Å². The number of fused-ring (bicyclic) bond motifs is 1. The number of nitrogens with one attached hydrogen (secondary N) is 1. The van der Waals surface area contributed by atoms with Crippen molar-refractivity contribution in [2.75, 3.05) is 24.7 Å². The third-order valence-corrected chi connectivity index (χ3v) is 6.09. The maximum Gasteiger partial charge on any atom is 0.181 e. The first-order chi connectivity index (χ1) is 8.55. The molecule has 0 aromatic heterocycles. The number of ether oxygens (including phenoxy) is 1. The second-order valence-electron chi connectivity index (χ2n) is 5.33. The maximum atomic E-state index is 12.5. The van der Waals surface area contributed by atoms with Crippen molar-refractivity contribution in [3.8, 4) is 5.75 Å². The molecule has 0 radical (unpaired) electrons. The number of hydrogen-bond donors (Lipinski definition) is 1. The van der Waals surface area contributed by atoms with E-state index in [0.717, 1.165) is 25.8 Å². The summed E-state index contributed by atoms with van der Waals surface area (Å²) in [6.07, 6.45) is 3.14. The van der Waals surface area contributed by atoms with E-state index in [4.69, 9.17) is 4.74 Å². The maximum absolute atomic E-state index is 12.5. The van der Waals surface area contributed by atoms with Crippen LogP contribution in [0.2, 0.25) is 0 Å². The molecule has 0 unspecified atom stereocenters. The van der Waals surface area contributed by atoms with E-state index in [1.807, 2.05) is 0 Å². The van der Waals surface area contributed by atoms with Crippen LogP contribution >= 0.6 is 0 Å². The summed E-state index contributed by atoms with van der Waals surface area (Å²) in [5, 5.41) is 3.29. The van der Waals surface area contributed by atoms with E-state index in [0.29, 0.717) is 16.3 Å². The first-order valence-electron chi connectivity index (χ1n) is 6.19. The van der Waals surface area contributed by atoms with Gasteiger partial charge in [-0.25, -0.2) is 8.42 Å². The molecule has 1 heterocycles. The van der Waals surface area contributed by atoms with E-state index in [2.05, 4.69) is 5.32 Å². The molecule has 98 valence electrons. The Morgan fingerprint density at radius 2 is 2.11 bits per heavy atom. The summed E-state index contributed by atoms with van der Waals surface area (Å²) in [7, 11) is -1.67. The van der Waals surface area contributed by atoms with E-state index in [9.17, 15) is 8.42 Å². The third kappa shape index (κ3) is 1.77. The summed E-state index contributed by atoms with van der Waals surface area (Å²) in [4.78, 5) is 0.380. The number of methoxy groups -OCH3 is 1. The number of anilines is 1. The smallest absolute Gasteiger partial charge is 0.181 e. The topological polar surface area (TPSA) is 55.4 Å². The highest BCUT2D eigenvalue weighted by Gasteiger charge is 2.43. The molecule has 1 aliphatic heterocycles. The van der Waals surface area contributed by atoms with Crippen molar-refractivity contribution in [2.45, 2.75) is 24.2 Å². The Bertz CT molecular complexity index is 576. The van der Waals surface area contributed by atoms with Crippen LogP contribution in [0, 0.1) is 5.41 Å². The Morgan fingerprint density at radius 3 is 2.72 bits per heavy atom. The van der Waals surface area contributed by atoms with Gasteiger partial charge in [0.15, 0.2) is 9.84 Å². The molecule has 0 atom stereocenters. The molecule has 5 heteroatoms. The molecule has 0 bridgehead atoms. The molecule has 0 amide bonds. The molecule has 0 saturated heterocycles. The lowest BCUT2D eigenvalue weighted by Gasteiger charge is -2.40. The van der Waals surface area contributed by atoms with Crippen molar-refractivity contribution in [1.29, 1.82) is 0 Å². The Labute approximate surface area is 107 Å². The van der Waals surface area contributed by atoms with Gasteiger partial charge in [-0.3, -0.25) is 0 Å². The molecule has 1 spiro atoms. The summed E-state index contributed by atoms with van der Waals surface area (Å²) >= 11 is 0. The first-order valence-corrected chi connectivity index (χ1v) is 7.85. The molecule has 1 N–H and O–H groups in total. The van der Waals surface area contributed by atoms with Crippen LogP contribution in [0.1, 0.15) is 19.3 Å². The van der Waals surface area contributed by atoms with E-state index in [1.165, 1.54) is 0 Å². The summed E-state index contributed by atoms with van der Waals surface area (Å²) in [5.41, 5.74) is 0.657. The zero-order chi connectivity index (χ0) is 12.8. The average molecular weight is 267 g/mol. The average Bonchev–Trinajstić information content (AvgIpc) is 2.43. The molecule has 1 fully saturated rings. The van der Waals surface area contributed by atoms with Gasteiger partial charge in [0, 0.05) is 18.0 Å². The summed E-state index contributed by atoms with van der Waals surface area (Å²) in [5.74, 6) is 0.844. The van der Waals surface area contributed by atoms with Crippen molar-refractivity contribution in [2.24, 2.45) is 5.41 Å². The molecule has 2 aliphatic rings. The van der Waals surface area contributed by atoms with Gasteiger partial charge < -0.3 is 10.1 Å². The molecule has 1 aliphatic carbocycles. The van der Waals surface area contributed by atoms with Crippen molar-refractivity contribution < 1.29 is 13.2 Å². The lowest BCUT2D eigenvalue weighted by atomic mass is 9.70. The summed E-state index contributed by atoms with van der Waals surface area (Å²) < 4.78 is 30.1. The number of sulfone groups is 1. The van der Waals surface area contributed by atoms with Gasteiger partial charge in [-0.05, 0) is 25.0 Å². The van der Waals surface area contributed by atoms with Gasteiger partial charge in [-0.15, -0.1) is 0 Å². The van der Waals surface area contributed by atoms with Gasteiger partial charge in [-0.1, -0.05) is 6.42 Å². The predicted octanol–water partition coefficient (Wildman–Crippen LogP) is 2.06. The highest BCUT2D eigenvalue weighted by Crippen LogP contribution is 2.46. The molecule has 1 aromatic carbocycles. The minimum Gasteiger partial charge on any atom is -0.497 e. The lowest BCUT2D eigenvalue weighted by Crippen LogP contribution is -2.40. The fourth-order valence-corrected chi connectivity index (χ4v) is 4.97. The highest BCUT2D eigenvalue weighted by molar-refractivity contribution is 7.91. The fraction of sp³-hybridized carbons (Fsp3) is 0.538. The quantitative estimate of drug-likeness (QED) is 0.846. The third-order valence-electron chi connectivity index (χ3n) is 4.09. The van der Waals surface area contributed by atoms with Gasteiger partial charge >= 0.3 is 0 Å². The lowest BCUT2D eigenvalue weighted by molar-refractivity contribution is 0.184. The van der Waals surface area contributed by atoms with Crippen LogP contribution in [0.4, 0.5) is 5.69 Å². The standard InChI is InChI=1S/C13H17NO3S/c1-17-10-3-4-11-12(7-10)18(15,16)9-13(8-14-11)5-2-6-13/h3-4,7,14H,2,5-6,8-9H2,1H3. The van der Waals surface area contributed by atoms with Crippen LogP contribution in [0.25, 0.3) is 0 Å². The van der Waals surface area contributed by atoms with Gasteiger partial charge in [0.2, 0.25) is 0 Å². The molecule has 18 heavy (non-hydrogen) atoms. The van der Waals surface area contributed by atoms with Crippen molar-refractivity contribution in [3.05, 3.63) is 18.2 Å². The van der Waals surface area contributed by atoms with Crippen molar-refractivity contribution >= 4 is 15.5 Å². The van der Waals surface area contributed by atoms with E-state index in [-0.39, 0.29) is 11.2 Å². The Morgan fingerprint density at radius 1 is 1.33 bits per heavy atom. The second-order valence-corrected chi connectivity index (χ2v) is 7.29. The van der Waals surface area contributed by atoms with E-state index < -0.39 is 9.84 Å². The molecule has 1 aromatic rings. The molecule has 3 rings (SSSR count). The molecule has 4 nitrogen and oxygen atoms in total. The normalized spacial score (nSPS) is 23.4. The van der Waals surface area contributed by atoms with Gasteiger partial charge in [-0.2, -0.15) is 0 Å². The number of benzene rings is 1. The van der Waals surface area contributed by atoms with Crippen molar-refractivity contribution in [1.82, 2.24) is 0 Å². The second kappa shape index (κ2) is 3.88. The van der Waals surface area contributed by atoms with Crippen LogP contribution in [-0.4, -0.2) is 27.8 Å². The summed E-state index contributed by atoms with van der Waals surface area (Å²) in [6, 6.07) is 5.21. The van der Waals surface area contributed by atoms with Crippen LogP contribution in [0.3, 0.4) is 0 Å². The van der Waals surface area contributed by atoms with Crippen LogP contribution in [-0.2, 0) is 9.84 Å². The van der Waals surface area contributed by atoms with E-state index >= 15 is 0 Å². The predicted molar refractivity (Wildman–Crippen MR) is 69.8 cm³/mol. The molecule has 1 saturated carbocycles. The zero-order valence-electron chi connectivity index (χ0n) is 10.4. The van der Waals surface area contributed by atoms with E-state index in [1.54, 1.807) is 25.3 Å². The largest absolute Gasteiger partial charge is 0.497 e. The monoisotopic (exact) mass is 267 g/mol. The van der Waals surface area contributed by atoms with Gasteiger partial charge in [0.25, 0.3) is 0 Å². The highest BCUT2D eigenvalue weighted by atomic mass is 32.2. The Hall–Kier alpha value is -1.23. The zero-order valence-corrected chi connectivity index (χ0v) is 11.2.